The summed E-state index contributed by atoms with van der Waals surface area (Å²) >= 11 is 0. The summed E-state index contributed by atoms with van der Waals surface area (Å²) in [6.45, 7) is 3.34. The highest BCUT2D eigenvalue weighted by molar-refractivity contribution is 5.21. The van der Waals surface area contributed by atoms with Crippen LogP contribution < -0.4 is 5.32 Å². The van der Waals surface area contributed by atoms with Gasteiger partial charge in [-0.2, -0.15) is 0 Å². The molecule has 0 atom stereocenters. The van der Waals surface area contributed by atoms with Crippen LogP contribution in [0.2, 0.25) is 0 Å². The molecule has 1 aromatic carbocycles. The van der Waals surface area contributed by atoms with Gasteiger partial charge in [0.2, 0.25) is 0 Å². The van der Waals surface area contributed by atoms with E-state index < -0.39 is 0 Å². The molecule has 1 N–H and O–H groups in total. The van der Waals surface area contributed by atoms with E-state index in [1.54, 1.807) is 0 Å². The zero-order chi connectivity index (χ0) is 12.8. The number of benzene rings is 1. The van der Waals surface area contributed by atoms with Crippen molar-refractivity contribution >= 4 is 0 Å². The number of hydrogen-bond acceptors (Lipinski definition) is 1. The van der Waals surface area contributed by atoms with Crippen molar-refractivity contribution in [3.63, 3.8) is 0 Å². The smallest absolute Gasteiger partial charge is 0.00466 e. The molecule has 1 aromatic rings. The second-order valence-electron chi connectivity index (χ2n) is 6.05. The van der Waals surface area contributed by atoms with Gasteiger partial charge in [0, 0.05) is 0 Å². The molecular formula is C17H27N. The van der Waals surface area contributed by atoms with Crippen LogP contribution in [-0.2, 0) is 6.42 Å². The van der Waals surface area contributed by atoms with Gasteiger partial charge in [0.05, 0.1) is 0 Å². The molecule has 1 aliphatic rings. The third-order valence-corrected chi connectivity index (χ3v) is 4.63. The molecule has 18 heavy (non-hydrogen) atoms. The molecule has 100 valence electrons. The maximum Gasteiger partial charge on any atom is -0.00466 e. The van der Waals surface area contributed by atoms with Crippen LogP contribution in [0.25, 0.3) is 0 Å². The molecule has 1 aliphatic carbocycles. The highest BCUT2D eigenvalue weighted by Gasteiger charge is 2.32. The molecule has 0 saturated heterocycles. The van der Waals surface area contributed by atoms with Crippen LogP contribution in [0.4, 0.5) is 0 Å². The van der Waals surface area contributed by atoms with Gasteiger partial charge in [-0.15, -0.1) is 0 Å². The predicted molar refractivity (Wildman–Crippen MR) is 78.9 cm³/mol. The molecule has 0 bridgehead atoms. The fourth-order valence-electron chi connectivity index (χ4n) is 3.30. The topological polar surface area (TPSA) is 12.0 Å². The van der Waals surface area contributed by atoms with Crippen LogP contribution in [0.1, 0.15) is 49.7 Å². The Morgan fingerprint density at radius 2 is 1.72 bits per heavy atom. The minimum absolute atomic E-state index is 0.633. The van der Waals surface area contributed by atoms with Gasteiger partial charge >= 0.3 is 0 Å². The molecule has 1 saturated carbocycles. The van der Waals surface area contributed by atoms with Crippen LogP contribution in [0, 0.1) is 12.3 Å². The number of aryl methyl sites for hydroxylation is 2. The Kier molecular flexibility index (Phi) is 4.82. The van der Waals surface area contributed by atoms with Crippen molar-refractivity contribution in [2.75, 3.05) is 13.6 Å². The molecule has 1 heteroatoms. The van der Waals surface area contributed by atoms with Crippen LogP contribution in [0.3, 0.4) is 0 Å². The fourth-order valence-corrected chi connectivity index (χ4v) is 3.30. The first-order valence-corrected chi connectivity index (χ1v) is 7.44. The Balaban J connectivity index is 1.91. The molecule has 0 amide bonds. The van der Waals surface area contributed by atoms with Gasteiger partial charge < -0.3 is 5.32 Å². The van der Waals surface area contributed by atoms with Gasteiger partial charge in [-0.3, -0.25) is 0 Å². The summed E-state index contributed by atoms with van der Waals surface area (Å²) in [4.78, 5) is 0. The quantitative estimate of drug-likeness (QED) is 0.795. The average Bonchev–Trinajstić information content (AvgIpc) is 2.85. The molecule has 1 fully saturated rings. The number of hydrogen-bond donors (Lipinski definition) is 1. The van der Waals surface area contributed by atoms with Crippen molar-refractivity contribution in [2.45, 2.75) is 51.9 Å². The summed E-state index contributed by atoms with van der Waals surface area (Å²) < 4.78 is 0. The molecule has 2 rings (SSSR count). The lowest BCUT2D eigenvalue weighted by atomic mass is 9.77. The fraction of sp³-hybridized carbons (Fsp3) is 0.647. The highest BCUT2D eigenvalue weighted by Crippen LogP contribution is 2.44. The van der Waals surface area contributed by atoms with E-state index in [0.717, 1.165) is 0 Å². The first-order valence-electron chi connectivity index (χ1n) is 7.44. The standard InChI is InChI=1S/C17H27N/c1-15-5-7-16(8-6-15)9-12-17(13-14-18-2)10-3-4-11-17/h5-8,18H,3-4,9-14H2,1-2H3. The van der Waals surface area contributed by atoms with Gasteiger partial charge in [0.25, 0.3) is 0 Å². The van der Waals surface area contributed by atoms with Crippen molar-refractivity contribution in [1.82, 2.24) is 5.32 Å². The molecule has 1 nitrogen and oxygen atoms in total. The first kappa shape index (κ1) is 13.6. The van der Waals surface area contributed by atoms with Crippen LogP contribution in [0.15, 0.2) is 24.3 Å². The third kappa shape index (κ3) is 3.58. The summed E-state index contributed by atoms with van der Waals surface area (Å²) in [6, 6.07) is 9.08. The lowest BCUT2D eigenvalue weighted by Crippen LogP contribution is -2.23. The molecule has 0 heterocycles. The van der Waals surface area contributed by atoms with E-state index >= 15 is 0 Å². The van der Waals surface area contributed by atoms with E-state index in [1.807, 2.05) is 0 Å². The molecule has 0 spiro atoms. The maximum absolute atomic E-state index is 3.33. The Bertz CT molecular complexity index is 346. The summed E-state index contributed by atoms with van der Waals surface area (Å²) in [6.07, 6.45) is 9.76. The maximum atomic E-state index is 3.33. The summed E-state index contributed by atoms with van der Waals surface area (Å²) in [5, 5.41) is 3.33. The van der Waals surface area contributed by atoms with Crippen LogP contribution in [0.5, 0.6) is 0 Å². The van der Waals surface area contributed by atoms with Gasteiger partial charge in [-0.05, 0) is 63.6 Å². The minimum Gasteiger partial charge on any atom is -0.320 e. The normalized spacial score (nSPS) is 18.1. The van der Waals surface area contributed by atoms with Crippen LogP contribution in [-0.4, -0.2) is 13.6 Å². The SMILES string of the molecule is CNCCC1(CCc2ccc(C)cc2)CCCC1. The monoisotopic (exact) mass is 245 g/mol. The van der Waals surface area contributed by atoms with E-state index in [1.165, 1.54) is 62.6 Å². The Morgan fingerprint density at radius 1 is 1.06 bits per heavy atom. The van der Waals surface area contributed by atoms with Gasteiger partial charge in [-0.25, -0.2) is 0 Å². The molecule has 0 aromatic heterocycles. The second kappa shape index (κ2) is 6.38. The van der Waals surface area contributed by atoms with Crippen molar-refractivity contribution in [3.8, 4) is 0 Å². The third-order valence-electron chi connectivity index (χ3n) is 4.63. The van der Waals surface area contributed by atoms with Crippen LogP contribution >= 0.6 is 0 Å². The van der Waals surface area contributed by atoms with Crippen molar-refractivity contribution < 1.29 is 0 Å². The van der Waals surface area contributed by atoms with Gasteiger partial charge in [0.15, 0.2) is 0 Å². The van der Waals surface area contributed by atoms with E-state index in [9.17, 15) is 0 Å². The van der Waals surface area contributed by atoms with E-state index in [-0.39, 0.29) is 0 Å². The molecular weight excluding hydrogens is 218 g/mol. The Hall–Kier alpha value is -0.820. The zero-order valence-electron chi connectivity index (χ0n) is 12.0. The van der Waals surface area contributed by atoms with Gasteiger partial charge in [-0.1, -0.05) is 42.7 Å². The van der Waals surface area contributed by atoms with E-state index in [4.69, 9.17) is 0 Å². The summed E-state index contributed by atoms with van der Waals surface area (Å²) in [7, 11) is 2.07. The molecule has 0 unspecified atom stereocenters. The molecule has 0 radical (unpaired) electrons. The largest absolute Gasteiger partial charge is 0.320 e. The van der Waals surface area contributed by atoms with E-state index in [0.29, 0.717) is 5.41 Å². The minimum atomic E-state index is 0.633. The summed E-state index contributed by atoms with van der Waals surface area (Å²) in [5.41, 5.74) is 3.51. The number of rotatable bonds is 6. The lowest BCUT2D eigenvalue weighted by molar-refractivity contribution is 0.247. The highest BCUT2D eigenvalue weighted by atomic mass is 14.8. The lowest BCUT2D eigenvalue weighted by Gasteiger charge is -2.29. The van der Waals surface area contributed by atoms with Crippen molar-refractivity contribution in [2.24, 2.45) is 5.41 Å². The molecule has 0 aliphatic heterocycles. The summed E-state index contributed by atoms with van der Waals surface area (Å²) in [5.74, 6) is 0. The van der Waals surface area contributed by atoms with Crippen molar-refractivity contribution in [1.29, 1.82) is 0 Å². The Morgan fingerprint density at radius 3 is 2.33 bits per heavy atom. The van der Waals surface area contributed by atoms with Gasteiger partial charge in [0.1, 0.15) is 0 Å². The zero-order valence-corrected chi connectivity index (χ0v) is 12.0. The van der Waals surface area contributed by atoms with E-state index in [2.05, 4.69) is 43.6 Å². The average molecular weight is 245 g/mol. The predicted octanol–water partition coefficient (Wildman–Crippen LogP) is 4.10. The second-order valence-corrected chi connectivity index (χ2v) is 6.05. The Labute approximate surface area is 112 Å². The first-order chi connectivity index (χ1) is 8.74. The number of nitrogens with one attached hydrogen (secondary N) is 1. The van der Waals surface area contributed by atoms with Crippen molar-refractivity contribution in [3.05, 3.63) is 35.4 Å².